The summed E-state index contributed by atoms with van der Waals surface area (Å²) in [6, 6.07) is 0. The number of aromatic nitrogens is 2. The summed E-state index contributed by atoms with van der Waals surface area (Å²) >= 11 is 2.80. The lowest BCUT2D eigenvalue weighted by molar-refractivity contribution is -0.139. The standard InChI is InChI=1S/C11H14N2O3S2/c1-6(10(15)16-3)18-11-12-7-4-5-17-8(7)9(14)13(11)2/h6H,4-5H2,1-3H3. The average molecular weight is 286 g/mol. The number of thioether (sulfide) groups is 2. The van der Waals surface area contributed by atoms with Crippen LogP contribution in [0.2, 0.25) is 0 Å². The second-order valence-corrected chi connectivity index (χ2v) is 6.33. The van der Waals surface area contributed by atoms with E-state index in [2.05, 4.69) is 9.72 Å². The normalized spacial score (nSPS) is 15.3. The molecule has 2 rings (SSSR count). The minimum atomic E-state index is -0.375. The highest BCUT2D eigenvalue weighted by atomic mass is 32.2. The molecule has 2 heterocycles. The Morgan fingerprint density at radius 3 is 3.00 bits per heavy atom. The number of carbonyl (C=O) groups is 1. The van der Waals surface area contributed by atoms with Gasteiger partial charge in [0.1, 0.15) is 5.25 Å². The number of hydrogen-bond acceptors (Lipinski definition) is 6. The highest BCUT2D eigenvalue weighted by Crippen LogP contribution is 2.29. The Kier molecular flexibility index (Phi) is 4.01. The lowest BCUT2D eigenvalue weighted by atomic mass is 10.3. The van der Waals surface area contributed by atoms with Gasteiger partial charge in [0, 0.05) is 19.2 Å². The zero-order chi connectivity index (χ0) is 13.3. The number of aryl methyl sites for hydroxylation is 1. The van der Waals surface area contributed by atoms with Crippen LogP contribution in [0.15, 0.2) is 14.8 Å². The molecule has 0 saturated carbocycles. The first kappa shape index (κ1) is 13.5. The molecule has 0 radical (unpaired) electrons. The quantitative estimate of drug-likeness (QED) is 0.471. The Balaban J connectivity index is 2.32. The van der Waals surface area contributed by atoms with Crippen LogP contribution in [-0.2, 0) is 23.0 Å². The van der Waals surface area contributed by atoms with E-state index in [1.807, 2.05) is 0 Å². The van der Waals surface area contributed by atoms with Crippen molar-refractivity contribution in [3.05, 3.63) is 16.0 Å². The van der Waals surface area contributed by atoms with Crippen LogP contribution >= 0.6 is 23.5 Å². The van der Waals surface area contributed by atoms with Gasteiger partial charge in [0.05, 0.1) is 17.7 Å². The van der Waals surface area contributed by atoms with Gasteiger partial charge in [-0.25, -0.2) is 4.98 Å². The van der Waals surface area contributed by atoms with Crippen molar-refractivity contribution in [2.75, 3.05) is 12.9 Å². The van der Waals surface area contributed by atoms with Gasteiger partial charge in [0.2, 0.25) is 0 Å². The molecule has 5 nitrogen and oxygen atoms in total. The number of rotatable bonds is 3. The van der Waals surface area contributed by atoms with Crippen molar-refractivity contribution < 1.29 is 9.53 Å². The van der Waals surface area contributed by atoms with Crippen LogP contribution in [0, 0.1) is 0 Å². The summed E-state index contributed by atoms with van der Waals surface area (Å²) < 4.78 is 6.17. The summed E-state index contributed by atoms with van der Waals surface area (Å²) in [7, 11) is 3.03. The summed E-state index contributed by atoms with van der Waals surface area (Å²) in [5, 5.41) is 0.194. The van der Waals surface area contributed by atoms with Gasteiger partial charge in [-0.15, -0.1) is 11.8 Å². The van der Waals surface area contributed by atoms with E-state index in [4.69, 9.17) is 0 Å². The number of ether oxygens (including phenoxy) is 1. The summed E-state index contributed by atoms with van der Waals surface area (Å²) in [6.45, 7) is 1.74. The van der Waals surface area contributed by atoms with Crippen molar-refractivity contribution in [2.45, 2.75) is 28.6 Å². The second-order valence-electron chi connectivity index (χ2n) is 3.92. The van der Waals surface area contributed by atoms with Crippen molar-refractivity contribution in [1.29, 1.82) is 0 Å². The summed E-state index contributed by atoms with van der Waals surface area (Å²) in [6.07, 6.45) is 0.816. The fraction of sp³-hybridized carbons (Fsp3) is 0.545. The summed E-state index contributed by atoms with van der Waals surface area (Å²) in [5.41, 5.74) is 0.824. The highest BCUT2D eigenvalue weighted by Gasteiger charge is 2.23. The molecule has 1 aromatic heterocycles. The van der Waals surface area contributed by atoms with Gasteiger partial charge in [0.25, 0.3) is 5.56 Å². The number of esters is 1. The first-order valence-corrected chi connectivity index (χ1v) is 7.38. The molecule has 1 aliphatic rings. The monoisotopic (exact) mass is 286 g/mol. The molecule has 0 bridgehead atoms. The number of hydrogen-bond donors (Lipinski definition) is 0. The van der Waals surface area contributed by atoms with Crippen LogP contribution in [0.4, 0.5) is 0 Å². The van der Waals surface area contributed by atoms with Crippen LogP contribution in [0.5, 0.6) is 0 Å². The molecule has 1 unspecified atom stereocenters. The first-order chi connectivity index (χ1) is 8.54. The molecule has 1 aromatic rings. The largest absolute Gasteiger partial charge is 0.468 e. The van der Waals surface area contributed by atoms with Gasteiger partial charge in [-0.05, 0) is 6.92 Å². The molecule has 7 heteroatoms. The molecule has 1 aliphatic heterocycles. The second kappa shape index (κ2) is 5.36. The zero-order valence-corrected chi connectivity index (χ0v) is 12.1. The number of methoxy groups -OCH3 is 1. The van der Waals surface area contributed by atoms with E-state index in [0.29, 0.717) is 5.16 Å². The Labute approximate surface area is 113 Å². The van der Waals surface area contributed by atoms with Crippen molar-refractivity contribution in [1.82, 2.24) is 9.55 Å². The third-order valence-corrected chi connectivity index (χ3v) is 4.91. The van der Waals surface area contributed by atoms with E-state index in [1.54, 1.807) is 25.7 Å². The molecule has 18 heavy (non-hydrogen) atoms. The molecule has 0 saturated heterocycles. The zero-order valence-electron chi connectivity index (χ0n) is 10.4. The van der Waals surface area contributed by atoms with Crippen LogP contribution in [0.25, 0.3) is 0 Å². The molecular weight excluding hydrogens is 272 g/mol. The predicted octanol–water partition coefficient (Wildman–Crippen LogP) is 1.08. The third kappa shape index (κ3) is 2.42. The Hall–Kier alpha value is -0.950. The van der Waals surface area contributed by atoms with Crippen LogP contribution in [-0.4, -0.2) is 33.6 Å². The minimum Gasteiger partial charge on any atom is -0.468 e. The van der Waals surface area contributed by atoms with E-state index in [0.717, 1.165) is 22.8 Å². The molecule has 0 aliphatic carbocycles. The molecule has 0 spiro atoms. The van der Waals surface area contributed by atoms with E-state index < -0.39 is 0 Å². The van der Waals surface area contributed by atoms with Gasteiger partial charge in [-0.1, -0.05) is 11.8 Å². The Morgan fingerprint density at radius 2 is 2.33 bits per heavy atom. The third-order valence-electron chi connectivity index (χ3n) is 2.68. The van der Waals surface area contributed by atoms with Crippen molar-refractivity contribution in [3.63, 3.8) is 0 Å². The number of carbonyl (C=O) groups excluding carboxylic acids is 1. The summed E-state index contributed by atoms with van der Waals surface area (Å²) in [5.74, 6) is 0.585. The van der Waals surface area contributed by atoms with E-state index in [-0.39, 0.29) is 16.8 Å². The van der Waals surface area contributed by atoms with Gasteiger partial charge in [0.15, 0.2) is 5.16 Å². The lowest BCUT2D eigenvalue weighted by Gasteiger charge is -2.12. The maximum atomic E-state index is 12.1. The highest BCUT2D eigenvalue weighted by molar-refractivity contribution is 8.00. The SMILES string of the molecule is COC(=O)C(C)Sc1nc2c(c(=O)n1C)SCC2. The maximum absolute atomic E-state index is 12.1. The average Bonchev–Trinajstić information content (AvgIpc) is 2.82. The van der Waals surface area contributed by atoms with Gasteiger partial charge >= 0.3 is 5.97 Å². The molecule has 1 atom stereocenters. The smallest absolute Gasteiger partial charge is 0.318 e. The minimum absolute atomic E-state index is 0.0259. The van der Waals surface area contributed by atoms with Crippen molar-refractivity contribution >= 4 is 29.5 Å². The molecule has 0 aromatic carbocycles. The number of fused-ring (bicyclic) bond motifs is 1. The van der Waals surface area contributed by atoms with E-state index in [9.17, 15) is 9.59 Å². The van der Waals surface area contributed by atoms with Gasteiger partial charge in [-0.3, -0.25) is 14.2 Å². The lowest BCUT2D eigenvalue weighted by Crippen LogP contribution is -2.24. The maximum Gasteiger partial charge on any atom is 0.318 e. The van der Waals surface area contributed by atoms with E-state index >= 15 is 0 Å². The molecule has 0 N–H and O–H groups in total. The van der Waals surface area contributed by atoms with E-state index in [1.165, 1.54) is 23.4 Å². The number of nitrogens with zero attached hydrogens (tertiary/aromatic N) is 2. The van der Waals surface area contributed by atoms with Gasteiger partial charge < -0.3 is 4.74 Å². The summed E-state index contributed by atoms with van der Waals surface area (Å²) in [4.78, 5) is 28.7. The fourth-order valence-corrected chi connectivity index (χ4v) is 3.63. The molecule has 0 amide bonds. The van der Waals surface area contributed by atoms with Crippen LogP contribution < -0.4 is 5.56 Å². The van der Waals surface area contributed by atoms with Gasteiger partial charge in [-0.2, -0.15) is 0 Å². The Bertz CT molecular complexity index is 542. The Morgan fingerprint density at radius 1 is 1.61 bits per heavy atom. The van der Waals surface area contributed by atoms with Crippen LogP contribution in [0.1, 0.15) is 12.6 Å². The predicted molar refractivity (Wildman–Crippen MR) is 71.2 cm³/mol. The molecule has 98 valence electrons. The van der Waals surface area contributed by atoms with Crippen molar-refractivity contribution in [2.24, 2.45) is 7.05 Å². The molecule has 0 fully saturated rings. The topological polar surface area (TPSA) is 61.2 Å². The fourth-order valence-electron chi connectivity index (χ4n) is 1.65. The molecular formula is C11H14N2O3S2. The first-order valence-electron chi connectivity index (χ1n) is 5.51. The van der Waals surface area contributed by atoms with Crippen LogP contribution in [0.3, 0.4) is 0 Å². The van der Waals surface area contributed by atoms with Crippen molar-refractivity contribution in [3.8, 4) is 0 Å².